The van der Waals surface area contributed by atoms with Crippen molar-refractivity contribution in [3.8, 4) is 0 Å². The highest BCUT2D eigenvalue weighted by Crippen LogP contribution is 2.19. The van der Waals surface area contributed by atoms with Crippen molar-refractivity contribution in [2.24, 2.45) is 4.99 Å². The van der Waals surface area contributed by atoms with Gasteiger partial charge in [-0.2, -0.15) is 0 Å². The lowest BCUT2D eigenvalue weighted by molar-refractivity contribution is 0.371. The number of halogens is 3. The van der Waals surface area contributed by atoms with E-state index < -0.39 is 11.6 Å². The minimum absolute atomic E-state index is 0. The van der Waals surface area contributed by atoms with E-state index in [2.05, 4.69) is 20.1 Å². The molecule has 0 amide bonds. The zero-order chi connectivity index (χ0) is 19.9. The number of anilines is 1. The van der Waals surface area contributed by atoms with Gasteiger partial charge in [-0.15, -0.1) is 24.0 Å². The molecule has 0 spiro atoms. The average molecular weight is 515 g/mol. The third-order valence-electron chi connectivity index (χ3n) is 4.91. The van der Waals surface area contributed by atoms with Crippen molar-refractivity contribution in [2.45, 2.75) is 19.8 Å². The fraction of sp³-hybridized carbons (Fsp3) is 0.429. The van der Waals surface area contributed by atoms with Crippen molar-refractivity contribution in [3.63, 3.8) is 0 Å². The van der Waals surface area contributed by atoms with Crippen LogP contribution in [-0.4, -0.2) is 55.1 Å². The van der Waals surface area contributed by atoms with E-state index in [0.717, 1.165) is 50.1 Å². The van der Waals surface area contributed by atoms with Gasteiger partial charge in [-0.1, -0.05) is 19.1 Å². The fourth-order valence-electron chi connectivity index (χ4n) is 3.26. The third-order valence-corrected chi connectivity index (χ3v) is 4.91. The predicted molar refractivity (Wildman–Crippen MR) is 124 cm³/mol. The van der Waals surface area contributed by atoms with Crippen molar-refractivity contribution in [1.82, 2.24) is 15.2 Å². The average Bonchev–Trinajstić information content (AvgIpc) is 2.73. The van der Waals surface area contributed by atoms with Crippen LogP contribution in [0.5, 0.6) is 0 Å². The van der Waals surface area contributed by atoms with Crippen molar-refractivity contribution in [2.75, 3.05) is 44.2 Å². The second kappa shape index (κ2) is 11.3. The van der Waals surface area contributed by atoms with Gasteiger partial charge in [0.2, 0.25) is 0 Å². The third kappa shape index (κ3) is 6.25. The molecule has 0 aliphatic carbocycles. The Hall–Kier alpha value is -1.97. The summed E-state index contributed by atoms with van der Waals surface area (Å²) in [6.45, 7) is 8.74. The van der Waals surface area contributed by atoms with Crippen molar-refractivity contribution in [3.05, 3.63) is 59.8 Å². The molecule has 0 radical (unpaired) electrons. The number of aromatic nitrogens is 1. The molecule has 0 saturated carbocycles. The molecule has 1 aromatic carbocycles. The molecule has 1 aliphatic heterocycles. The Balaban J connectivity index is 0.00000300. The maximum absolute atomic E-state index is 13.5. The minimum atomic E-state index is -0.821. The zero-order valence-corrected chi connectivity index (χ0v) is 19.1. The molecule has 5 nitrogen and oxygen atoms in total. The number of nitrogens with one attached hydrogen (secondary N) is 1. The molecular weight excluding hydrogens is 487 g/mol. The number of hydrogen-bond acceptors (Lipinski definition) is 3. The number of piperazine rings is 1. The number of aliphatic imine (C=N–C) groups is 1. The van der Waals surface area contributed by atoms with Crippen LogP contribution in [0, 0.1) is 11.6 Å². The molecule has 1 fully saturated rings. The van der Waals surface area contributed by atoms with Gasteiger partial charge < -0.3 is 15.1 Å². The largest absolute Gasteiger partial charge is 0.357 e. The van der Waals surface area contributed by atoms with Gasteiger partial charge >= 0.3 is 0 Å². The first kappa shape index (κ1) is 23.3. The zero-order valence-electron chi connectivity index (χ0n) is 16.8. The summed E-state index contributed by atoms with van der Waals surface area (Å²) in [7, 11) is 0. The molecule has 1 aliphatic rings. The summed E-state index contributed by atoms with van der Waals surface area (Å²) in [5, 5.41) is 3.34. The normalized spacial score (nSPS) is 15.7. The summed E-state index contributed by atoms with van der Waals surface area (Å²) in [5.74, 6) is 0.219. The van der Waals surface area contributed by atoms with Gasteiger partial charge in [0.25, 0.3) is 0 Å². The van der Waals surface area contributed by atoms with Gasteiger partial charge in [0, 0.05) is 51.4 Å². The first-order valence-corrected chi connectivity index (χ1v) is 9.72. The number of rotatable bonds is 5. The molecule has 1 aromatic heterocycles. The summed E-state index contributed by atoms with van der Waals surface area (Å²) in [6, 6.07) is 10.0. The molecule has 2 heterocycles. The number of nitrogens with zero attached hydrogens (tertiary/aromatic N) is 4. The Morgan fingerprint density at radius 1 is 1.14 bits per heavy atom. The van der Waals surface area contributed by atoms with Crippen molar-refractivity contribution < 1.29 is 8.78 Å². The van der Waals surface area contributed by atoms with Crippen molar-refractivity contribution in [1.29, 1.82) is 0 Å². The van der Waals surface area contributed by atoms with Crippen LogP contribution >= 0.6 is 24.0 Å². The first-order valence-electron chi connectivity index (χ1n) is 9.72. The lowest BCUT2D eigenvalue weighted by atomic mass is 10.0. The van der Waals surface area contributed by atoms with Crippen LogP contribution in [0.1, 0.15) is 25.3 Å². The topological polar surface area (TPSA) is 43.8 Å². The van der Waals surface area contributed by atoms with Gasteiger partial charge in [0.05, 0.1) is 0 Å². The summed E-state index contributed by atoms with van der Waals surface area (Å²) in [5.41, 5.74) is 0.749. The van der Waals surface area contributed by atoms with Crippen LogP contribution in [0.3, 0.4) is 0 Å². The Morgan fingerprint density at radius 3 is 2.52 bits per heavy atom. The molecule has 3 rings (SSSR count). The Bertz CT molecular complexity index is 795. The van der Waals surface area contributed by atoms with E-state index in [0.29, 0.717) is 6.54 Å². The molecule has 158 valence electrons. The van der Waals surface area contributed by atoms with Gasteiger partial charge in [0.1, 0.15) is 5.82 Å². The molecule has 29 heavy (non-hydrogen) atoms. The van der Waals surface area contributed by atoms with Gasteiger partial charge in [-0.05, 0) is 36.8 Å². The summed E-state index contributed by atoms with van der Waals surface area (Å²) in [6.07, 6.45) is 1.81. The molecule has 8 heteroatoms. The van der Waals surface area contributed by atoms with Crippen LogP contribution in [0.2, 0.25) is 0 Å². The number of benzene rings is 1. The smallest absolute Gasteiger partial charge is 0.194 e. The Kier molecular flexibility index (Phi) is 9.06. The maximum atomic E-state index is 13.5. The summed E-state index contributed by atoms with van der Waals surface area (Å²) < 4.78 is 26.6. The quantitative estimate of drug-likeness (QED) is 0.373. The molecular formula is C21H28F2IN5. The highest BCUT2D eigenvalue weighted by molar-refractivity contribution is 14.0. The van der Waals surface area contributed by atoms with E-state index in [1.807, 2.05) is 38.2 Å². The van der Waals surface area contributed by atoms with Crippen LogP contribution in [0.25, 0.3) is 0 Å². The molecule has 1 unspecified atom stereocenters. The number of hydrogen-bond donors (Lipinski definition) is 1. The van der Waals surface area contributed by atoms with E-state index in [-0.39, 0.29) is 29.9 Å². The molecule has 2 aromatic rings. The van der Waals surface area contributed by atoms with E-state index in [9.17, 15) is 8.78 Å². The van der Waals surface area contributed by atoms with Gasteiger partial charge in [-0.3, -0.25) is 4.99 Å². The number of guanidine groups is 1. The second-order valence-corrected chi connectivity index (χ2v) is 6.93. The van der Waals surface area contributed by atoms with E-state index in [4.69, 9.17) is 4.99 Å². The monoisotopic (exact) mass is 515 g/mol. The minimum Gasteiger partial charge on any atom is -0.357 e. The molecule has 1 saturated heterocycles. The van der Waals surface area contributed by atoms with Crippen LogP contribution < -0.4 is 10.2 Å². The SMILES string of the molecule is CCNC(=NCC(C)c1ccc(F)c(F)c1)N1CCN(c2ccccn2)CC1.I. The van der Waals surface area contributed by atoms with Crippen LogP contribution in [0.4, 0.5) is 14.6 Å². The molecule has 1 N–H and O–H groups in total. The second-order valence-electron chi connectivity index (χ2n) is 6.93. The van der Waals surface area contributed by atoms with E-state index in [1.165, 1.54) is 12.1 Å². The van der Waals surface area contributed by atoms with E-state index >= 15 is 0 Å². The fourth-order valence-corrected chi connectivity index (χ4v) is 3.26. The summed E-state index contributed by atoms with van der Waals surface area (Å²) >= 11 is 0. The van der Waals surface area contributed by atoms with Gasteiger partial charge in [-0.25, -0.2) is 13.8 Å². The summed E-state index contributed by atoms with van der Waals surface area (Å²) in [4.78, 5) is 13.7. The standard InChI is InChI=1S/C21H27F2N5.HI/c1-3-24-21(26-15-16(2)17-7-8-18(22)19(23)14-17)28-12-10-27(11-13-28)20-6-4-5-9-25-20;/h4-9,14,16H,3,10-13,15H2,1-2H3,(H,24,26);1H. The van der Waals surface area contributed by atoms with Crippen LogP contribution in [-0.2, 0) is 0 Å². The Morgan fingerprint density at radius 2 is 1.90 bits per heavy atom. The van der Waals surface area contributed by atoms with Gasteiger partial charge in [0.15, 0.2) is 17.6 Å². The van der Waals surface area contributed by atoms with Crippen LogP contribution in [0.15, 0.2) is 47.6 Å². The lowest BCUT2D eigenvalue weighted by Gasteiger charge is -2.37. The highest BCUT2D eigenvalue weighted by Gasteiger charge is 2.20. The lowest BCUT2D eigenvalue weighted by Crippen LogP contribution is -2.52. The number of pyridine rings is 1. The van der Waals surface area contributed by atoms with Crippen molar-refractivity contribution >= 4 is 35.8 Å². The highest BCUT2D eigenvalue weighted by atomic mass is 127. The predicted octanol–water partition coefficient (Wildman–Crippen LogP) is 3.87. The molecule has 1 atom stereocenters. The molecule has 0 bridgehead atoms. The van der Waals surface area contributed by atoms with E-state index in [1.54, 1.807) is 6.07 Å². The Labute approximate surface area is 188 Å². The maximum Gasteiger partial charge on any atom is 0.194 e. The first-order chi connectivity index (χ1) is 13.6.